The van der Waals surface area contributed by atoms with Crippen LogP contribution in [0.3, 0.4) is 0 Å². The third-order valence-electron chi connectivity index (χ3n) is 6.87. The molecule has 5 rings (SSSR count). The maximum Gasteiger partial charge on any atom is 0.315 e. The first-order chi connectivity index (χ1) is 25.1. The molecule has 0 saturated heterocycles. The van der Waals surface area contributed by atoms with E-state index >= 15 is 0 Å². The normalized spacial score (nSPS) is 13.0. The molecular formula is C25H19FN8O16S5. The summed E-state index contributed by atoms with van der Waals surface area (Å²) in [4.78, 5) is 5.46. The van der Waals surface area contributed by atoms with Gasteiger partial charge in [-0.05, 0) is 53.9 Å². The van der Waals surface area contributed by atoms with E-state index in [1.165, 1.54) is 0 Å². The van der Waals surface area contributed by atoms with Crippen LogP contribution >= 0.6 is 0 Å². The van der Waals surface area contributed by atoms with Crippen molar-refractivity contribution >= 4 is 102 Å². The van der Waals surface area contributed by atoms with Gasteiger partial charge in [-0.1, -0.05) is 0 Å². The Kier molecular flexibility index (Phi) is 10.3. The molecule has 0 aliphatic rings. The van der Waals surface area contributed by atoms with Crippen LogP contribution in [0.15, 0.2) is 89.3 Å². The van der Waals surface area contributed by atoms with Gasteiger partial charge < -0.3 is 21.5 Å². The molecule has 0 aliphatic carbocycles. The van der Waals surface area contributed by atoms with Gasteiger partial charge in [0, 0.05) is 11.8 Å². The summed E-state index contributed by atoms with van der Waals surface area (Å²) in [6, 6.07) is 6.11. The van der Waals surface area contributed by atoms with Crippen LogP contribution in [0.25, 0.3) is 10.8 Å². The van der Waals surface area contributed by atoms with Gasteiger partial charge in [-0.3, -0.25) is 22.8 Å². The lowest BCUT2D eigenvalue weighted by Gasteiger charge is -2.13. The number of benzene rings is 4. The van der Waals surface area contributed by atoms with E-state index in [2.05, 4.69) is 35.8 Å². The van der Waals surface area contributed by atoms with Crippen LogP contribution in [0.4, 0.5) is 44.7 Å². The zero-order valence-corrected chi connectivity index (χ0v) is 30.3. The highest BCUT2D eigenvalue weighted by Gasteiger charge is 2.25. The van der Waals surface area contributed by atoms with Gasteiger partial charge in [-0.2, -0.15) is 61.4 Å². The lowest BCUT2D eigenvalue weighted by atomic mass is 10.1. The van der Waals surface area contributed by atoms with Crippen molar-refractivity contribution in [1.82, 2.24) is 15.0 Å². The topological polar surface area (TPSA) is 406 Å². The van der Waals surface area contributed by atoms with Gasteiger partial charge in [0.05, 0.1) is 26.6 Å². The Morgan fingerprint density at radius 2 is 1.18 bits per heavy atom. The van der Waals surface area contributed by atoms with E-state index in [-0.39, 0.29) is 5.69 Å². The molecule has 0 aliphatic heterocycles. The summed E-state index contributed by atoms with van der Waals surface area (Å²) in [7, 11) is -25.4. The molecule has 24 nitrogen and oxygen atoms in total. The number of fused-ring (bicyclic) bond motifs is 1. The first kappa shape index (κ1) is 40.6. The number of phenolic OH excluding ortho intramolecular Hbond substituents is 1. The minimum Gasteiger partial charge on any atom is -0.507 e. The Labute approximate surface area is 307 Å². The van der Waals surface area contributed by atoms with E-state index in [1.807, 2.05) is 0 Å². The highest BCUT2D eigenvalue weighted by molar-refractivity contribution is 7.87. The molecule has 0 fully saturated rings. The number of aromatic nitrogens is 3. The van der Waals surface area contributed by atoms with Crippen LogP contribution in [-0.4, -0.2) is 84.9 Å². The second-order valence-corrected chi connectivity index (χ2v) is 17.6. The number of nitrogens with two attached hydrogens (primary N) is 1. The van der Waals surface area contributed by atoms with E-state index in [4.69, 9.17) is 5.73 Å². The second-order valence-electron chi connectivity index (χ2n) is 10.6. The lowest BCUT2D eigenvalue weighted by Crippen LogP contribution is -2.10. The van der Waals surface area contributed by atoms with Gasteiger partial charge in [0.15, 0.2) is 0 Å². The molecule has 292 valence electrons. The molecule has 1 heterocycles. The third kappa shape index (κ3) is 9.05. The molecule has 0 unspecified atom stereocenters. The maximum absolute atomic E-state index is 14.5. The molecule has 55 heavy (non-hydrogen) atoms. The largest absolute Gasteiger partial charge is 0.507 e. The molecule has 0 radical (unpaired) electrons. The quantitative estimate of drug-likeness (QED) is 0.0523. The fourth-order valence-electron chi connectivity index (χ4n) is 4.62. The van der Waals surface area contributed by atoms with E-state index in [1.54, 1.807) is 0 Å². The highest BCUT2D eigenvalue weighted by atomic mass is 32.2. The van der Waals surface area contributed by atoms with Crippen molar-refractivity contribution < 1.29 is 74.3 Å². The average molecular weight is 867 g/mol. The van der Waals surface area contributed by atoms with Crippen LogP contribution in [0, 0.1) is 6.08 Å². The van der Waals surface area contributed by atoms with Crippen molar-refractivity contribution in [3.8, 4) is 5.75 Å². The minimum atomic E-state index is -5.25. The summed E-state index contributed by atoms with van der Waals surface area (Å²) < 4.78 is 181. The fraction of sp³-hybridized carbons (Fsp3) is 0. The van der Waals surface area contributed by atoms with Crippen LogP contribution in [0.1, 0.15) is 0 Å². The predicted octanol–water partition coefficient (Wildman–Crippen LogP) is 2.59. The number of nitrogens with one attached hydrogen (secondary N) is 2. The Hall–Kier alpha value is -5.57. The molecule has 4 aromatic carbocycles. The number of hydrogen-bond donors (Lipinski definition) is 9. The number of phenols is 1. The maximum atomic E-state index is 14.5. The number of nitrogens with zero attached hydrogens (tertiary/aromatic N) is 5. The standard InChI is InChI=1S/C25H19FN8O16S5/c26-23-30-24(32-25(31-23)29-15-8-12(51(36,37)38)2-4-17(15)53(42,43)44)28-11-1-3-14(18(7-11)54(45,46)47)33-34-22-20-10(6-19(21(22)27)55(48,49)50)5-13(9-16(20)35)52(39,40)41/h1-9,35H,27H2,(H,36,37,38)(H,39,40,41)(H,42,43,44)(H,45,46,47)(H,48,49,50)(H2,28,29,30,31,32). The lowest BCUT2D eigenvalue weighted by molar-refractivity contribution is 0.471. The third-order valence-corrected chi connectivity index (χ3v) is 11.2. The first-order valence-corrected chi connectivity index (χ1v) is 20.9. The summed E-state index contributed by atoms with van der Waals surface area (Å²) in [5.74, 6) is -2.54. The summed E-state index contributed by atoms with van der Waals surface area (Å²) in [5, 5.41) is 21.4. The predicted molar refractivity (Wildman–Crippen MR) is 183 cm³/mol. The van der Waals surface area contributed by atoms with Crippen molar-refractivity contribution in [2.75, 3.05) is 16.4 Å². The van der Waals surface area contributed by atoms with E-state index in [0.29, 0.717) is 42.5 Å². The number of azo groups is 1. The molecular weight excluding hydrogens is 848 g/mol. The van der Waals surface area contributed by atoms with Gasteiger partial charge in [0.25, 0.3) is 50.6 Å². The minimum absolute atomic E-state index is 0.344. The van der Waals surface area contributed by atoms with Crippen molar-refractivity contribution in [3.63, 3.8) is 0 Å². The number of aromatic hydroxyl groups is 1. The molecule has 0 bridgehead atoms. The van der Waals surface area contributed by atoms with Crippen LogP contribution in [0.5, 0.6) is 5.75 Å². The van der Waals surface area contributed by atoms with Gasteiger partial charge >= 0.3 is 6.08 Å². The van der Waals surface area contributed by atoms with Crippen LogP contribution in [0.2, 0.25) is 0 Å². The van der Waals surface area contributed by atoms with E-state index in [9.17, 15) is 74.3 Å². The van der Waals surface area contributed by atoms with Gasteiger partial charge in [-0.15, -0.1) is 10.2 Å². The van der Waals surface area contributed by atoms with Crippen molar-refractivity contribution in [2.24, 2.45) is 10.2 Å². The Morgan fingerprint density at radius 3 is 1.75 bits per heavy atom. The number of nitrogen functional groups attached to an aromatic ring is 1. The Balaban J connectivity index is 1.57. The number of anilines is 5. The molecule has 1 aromatic heterocycles. The molecule has 0 spiro atoms. The monoisotopic (exact) mass is 866 g/mol. The molecule has 30 heteroatoms. The van der Waals surface area contributed by atoms with Crippen molar-refractivity contribution in [1.29, 1.82) is 0 Å². The van der Waals surface area contributed by atoms with Gasteiger partial charge in [0.1, 0.15) is 31.8 Å². The molecule has 0 saturated carbocycles. The number of halogens is 1. The van der Waals surface area contributed by atoms with Crippen LogP contribution < -0.4 is 16.4 Å². The average Bonchev–Trinajstić information content (AvgIpc) is 3.02. The summed E-state index contributed by atoms with van der Waals surface area (Å²) in [6.07, 6.45) is -1.57. The Morgan fingerprint density at radius 1 is 0.600 bits per heavy atom. The molecule has 5 aromatic rings. The zero-order chi connectivity index (χ0) is 41.1. The highest BCUT2D eigenvalue weighted by Crippen LogP contribution is 2.44. The fourth-order valence-corrected chi connectivity index (χ4v) is 7.59. The van der Waals surface area contributed by atoms with E-state index < -0.39 is 132 Å². The number of hydrogen-bond acceptors (Lipinski definition) is 19. The smallest absolute Gasteiger partial charge is 0.315 e. The number of rotatable bonds is 11. The van der Waals surface area contributed by atoms with Gasteiger partial charge in [0.2, 0.25) is 11.9 Å². The second kappa shape index (κ2) is 13.9. The molecule has 0 amide bonds. The van der Waals surface area contributed by atoms with E-state index in [0.717, 1.165) is 12.1 Å². The molecule has 10 N–H and O–H groups in total. The zero-order valence-electron chi connectivity index (χ0n) is 26.2. The summed E-state index contributed by atoms with van der Waals surface area (Å²) >= 11 is 0. The first-order valence-electron chi connectivity index (χ1n) is 13.7. The SMILES string of the molecule is Nc1c(S(=O)(=O)O)cc2cc(S(=O)(=O)O)cc(O)c2c1N=Nc1ccc(Nc2nc(F)nc(Nc3cc(S(=O)(=O)O)ccc3S(=O)(=O)O)n2)cc1S(=O)(=O)O. The molecule has 0 atom stereocenters. The van der Waals surface area contributed by atoms with Crippen molar-refractivity contribution in [2.45, 2.75) is 24.5 Å². The Bertz CT molecular complexity index is 3060. The summed E-state index contributed by atoms with van der Waals surface area (Å²) in [6.45, 7) is 0. The summed E-state index contributed by atoms with van der Waals surface area (Å²) in [5.41, 5.74) is 2.40. The van der Waals surface area contributed by atoms with Crippen LogP contribution in [-0.2, 0) is 50.6 Å². The van der Waals surface area contributed by atoms with Crippen molar-refractivity contribution in [3.05, 3.63) is 60.7 Å². The van der Waals surface area contributed by atoms with Gasteiger partial charge in [-0.25, -0.2) is 0 Å².